The van der Waals surface area contributed by atoms with Gasteiger partial charge in [0.1, 0.15) is 5.69 Å². The second-order valence-electron chi connectivity index (χ2n) is 6.09. The predicted octanol–water partition coefficient (Wildman–Crippen LogP) is 2.58. The van der Waals surface area contributed by atoms with Crippen molar-refractivity contribution >= 4 is 17.6 Å². The number of H-pyrrole nitrogens is 1. The highest BCUT2D eigenvalue weighted by Gasteiger charge is 2.16. The zero-order valence-electron chi connectivity index (χ0n) is 15.5. The van der Waals surface area contributed by atoms with Crippen LogP contribution in [0.25, 0.3) is 0 Å². The van der Waals surface area contributed by atoms with E-state index in [9.17, 15) is 18.4 Å². The Balaban J connectivity index is 1.61. The molecule has 0 radical (unpaired) electrons. The maximum Gasteiger partial charge on any atom is 0.269 e. The lowest BCUT2D eigenvalue weighted by molar-refractivity contribution is 0.0945. The van der Waals surface area contributed by atoms with Crippen LogP contribution in [0.1, 0.15) is 32.0 Å². The van der Waals surface area contributed by atoms with E-state index in [0.717, 1.165) is 17.7 Å². The number of hydrogen-bond acceptors (Lipinski definition) is 5. The van der Waals surface area contributed by atoms with Crippen LogP contribution in [-0.4, -0.2) is 34.1 Å². The maximum absolute atomic E-state index is 13.4. The molecule has 3 N–H and O–H groups in total. The highest BCUT2D eigenvalue weighted by atomic mass is 19.2. The third-order valence-electron chi connectivity index (χ3n) is 4.04. The van der Waals surface area contributed by atoms with Crippen LogP contribution >= 0.6 is 0 Å². The monoisotopic (exact) mass is 401 g/mol. The van der Waals surface area contributed by atoms with Crippen LogP contribution in [-0.2, 0) is 6.54 Å². The topological polar surface area (TPSA) is 109 Å². The summed E-state index contributed by atoms with van der Waals surface area (Å²) < 4.78 is 31.6. The molecule has 0 bridgehead atoms. The van der Waals surface area contributed by atoms with Crippen molar-refractivity contribution in [3.63, 3.8) is 0 Å². The largest absolute Gasteiger partial charge is 0.481 e. The number of amides is 2. The molecule has 150 valence electrons. The van der Waals surface area contributed by atoms with Crippen molar-refractivity contribution in [3.05, 3.63) is 70.5 Å². The number of hydrogen-bond donors (Lipinski definition) is 3. The minimum absolute atomic E-state index is 0.0371. The summed E-state index contributed by atoms with van der Waals surface area (Å²) in [5.41, 5.74) is 1.11. The molecular weight excluding hydrogens is 384 g/mol. The van der Waals surface area contributed by atoms with Crippen LogP contribution in [0.15, 0.2) is 36.5 Å². The normalized spacial score (nSPS) is 10.5. The number of carbonyl (C=O) groups is 2. The molecule has 10 heteroatoms. The fourth-order valence-electron chi connectivity index (χ4n) is 2.49. The van der Waals surface area contributed by atoms with E-state index < -0.39 is 23.4 Å². The standard InChI is InChI=1S/C19H17F2N5O3/c1-10-5-13(20)14(21)6-12(10)18(27)24-16-7-15(25-26-16)19(28)23-9-11-3-4-17(29-2)22-8-11/h3-8H,9H2,1-2H3,(H,23,28)(H2,24,25,26,27). The van der Waals surface area contributed by atoms with E-state index in [1.165, 1.54) is 20.1 Å². The van der Waals surface area contributed by atoms with Gasteiger partial charge in [-0.15, -0.1) is 0 Å². The molecule has 3 rings (SSSR count). The molecule has 0 atom stereocenters. The van der Waals surface area contributed by atoms with Gasteiger partial charge in [-0.1, -0.05) is 6.07 Å². The average Bonchev–Trinajstić information content (AvgIpc) is 3.17. The summed E-state index contributed by atoms with van der Waals surface area (Å²) in [6, 6.07) is 6.50. The highest BCUT2D eigenvalue weighted by molar-refractivity contribution is 6.05. The van der Waals surface area contributed by atoms with Gasteiger partial charge in [-0.05, 0) is 30.2 Å². The molecule has 0 saturated heterocycles. The average molecular weight is 401 g/mol. The number of rotatable bonds is 6. The van der Waals surface area contributed by atoms with Gasteiger partial charge in [-0.3, -0.25) is 14.7 Å². The van der Waals surface area contributed by atoms with Crippen molar-refractivity contribution in [2.24, 2.45) is 0 Å². The number of aryl methyl sites for hydroxylation is 1. The third-order valence-corrected chi connectivity index (χ3v) is 4.04. The minimum Gasteiger partial charge on any atom is -0.481 e. The molecule has 1 aromatic carbocycles. The zero-order valence-corrected chi connectivity index (χ0v) is 15.5. The number of aromatic nitrogens is 3. The Kier molecular flexibility index (Phi) is 5.82. The summed E-state index contributed by atoms with van der Waals surface area (Å²) in [5.74, 6) is -2.76. The SMILES string of the molecule is COc1ccc(CNC(=O)c2cc(NC(=O)c3cc(F)c(F)cc3C)n[nH]2)cn1. The fourth-order valence-corrected chi connectivity index (χ4v) is 2.49. The number of nitrogens with zero attached hydrogens (tertiary/aromatic N) is 2. The molecule has 0 spiro atoms. The molecule has 2 heterocycles. The van der Waals surface area contributed by atoms with Gasteiger partial charge < -0.3 is 15.4 Å². The van der Waals surface area contributed by atoms with E-state index in [2.05, 4.69) is 25.8 Å². The number of methoxy groups -OCH3 is 1. The lowest BCUT2D eigenvalue weighted by Gasteiger charge is -2.06. The van der Waals surface area contributed by atoms with E-state index in [0.29, 0.717) is 5.88 Å². The molecule has 0 saturated carbocycles. The molecular formula is C19H17F2N5O3. The van der Waals surface area contributed by atoms with Crippen molar-refractivity contribution in [2.75, 3.05) is 12.4 Å². The van der Waals surface area contributed by atoms with Gasteiger partial charge >= 0.3 is 0 Å². The Hall–Kier alpha value is -3.82. The fraction of sp³-hybridized carbons (Fsp3) is 0.158. The molecule has 3 aromatic rings. The lowest BCUT2D eigenvalue weighted by Crippen LogP contribution is -2.23. The number of aromatic amines is 1. The number of carbonyl (C=O) groups excluding carboxylic acids is 2. The second-order valence-corrected chi connectivity index (χ2v) is 6.09. The summed E-state index contributed by atoms with van der Waals surface area (Å²) in [6.07, 6.45) is 1.57. The zero-order chi connectivity index (χ0) is 21.0. The maximum atomic E-state index is 13.4. The van der Waals surface area contributed by atoms with Crippen molar-refractivity contribution in [2.45, 2.75) is 13.5 Å². The van der Waals surface area contributed by atoms with Gasteiger partial charge in [0.05, 0.1) is 7.11 Å². The molecule has 2 aromatic heterocycles. The predicted molar refractivity (Wildman–Crippen MR) is 99.6 cm³/mol. The first kappa shape index (κ1) is 19.9. The number of anilines is 1. The van der Waals surface area contributed by atoms with E-state index >= 15 is 0 Å². The van der Waals surface area contributed by atoms with Crippen LogP contribution in [0.4, 0.5) is 14.6 Å². The van der Waals surface area contributed by atoms with Crippen LogP contribution in [0.3, 0.4) is 0 Å². The molecule has 0 aliphatic rings. The van der Waals surface area contributed by atoms with E-state index in [-0.39, 0.29) is 29.2 Å². The Morgan fingerprint density at radius 2 is 1.90 bits per heavy atom. The number of nitrogens with one attached hydrogen (secondary N) is 3. The quantitative estimate of drug-likeness (QED) is 0.588. The molecule has 2 amide bonds. The molecule has 0 unspecified atom stereocenters. The summed E-state index contributed by atoms with van der Waals surface area (Å²) >= 11 is 0. The first-order valence-electron chi connectivity index (χ1n) is 8.47. The number of benzene rings is 1. The highest BCUT2D eigenvalue weighted by Crippen LogP contribution is 2.16. The Bertz CT molecular complexity index is 1050. The van der Waals surface area contributed by atoms with Crippen molar-refractivity contribution < 1.29 is 23.1 Å². The van der Waals surface area contributed by atoms with Crippen LogP contribution in [0.5, 0.6) is 5.88 Å². The number of ether oxygens (including phenoxy) is 1. The van der Waals surface area contributed by atoms with Gasteiger partial charge in [0.2, 0.25) is 5.88 Å². The van der Waals surface area contributed by atoms with Crippen molar-refractivity contribution in [1.82, 2.24) is 20.5 Å². The Morgan fingerprint density at radius 1 is 1.14 bits per heavy atom. The number of pyridine rings is 1. The van der Waals surface area contributed by atoms with Gasteiger partial charge in [-0.2, -0.15) is 5.10 Å². The second kappa shape index (κ2) is 8.46. The van der Waals surface area contributed by atoms with Gasteiger partial charge in [0.15, 0.2) is 17.5 Å². The summed E-state index contributed by atoms with van der Waals surface area (Å²) in [7, 11) is 1.51. The summed E-state index contributed by atoms with van der Waals surface area (Å²) in [4.78, 5) is 28.5. The molecule has 0 fully saturated rings. The van der Waals surface area contributed by atoms with E-state index in [1.807, 2.05) is 0 Å². The summed E-state index contributed by atoms with van der Waals surface area (Å²) in [6.45, 7) is 1.71. The van der Waals surface area contributed by atoms with E-state index in [1.54, 1.807) is 18.3 Å². The van der Waals surface area contributed by atoms with Gasteiger partial charge in [-0.25, -0.2) is 13.8 Å². The minimum atomic E-state index is -1.13. The molecule has 0 aliphatic carbocycles. The van der Waals surface area contributed by atoms with Gasteiger partial charge in [0, 0.05) is 30.4 Å². The molecule has 0 aliphatic heterocycles. The Labute approximate surface area is 164 Å². The molecule has 29 heavy (non-hydrogen) atoms. The first-order chi connectivity index (χ1) is 13.9. The molecule has 8 nitrogen and oxygen atoms in total. The lowest BCUT2D eigenvalue weighted by atomic mass is 10.1. The smallest absolute Gasteiger partial charge is 0.269 e. The van der Waals surface area contributed by atoms with Crippen LogP contribution in [0, 0.1) is 18.6 Å². The third kappa shape index (κ3) is 4.72. The van der Waals surface area contributed by atoms with Crippen LogP contribution < -0.4 is 15.4 Å². The van der Waals surface area contributed by atoms with E-state index in [4.69, 9.17) is 4.74 Å². The Morgan fingerprint density at radius 3 is 2.59 bits per heavy atom. The van der Waals surface area contributed by atoms with Crippen LogP contribution in [0.2, 0.25) is 0 Å². The van der Waals surface area contributed by atoms with Crippen molar-refractivity contribution in [3.8, 4) is 5.88 Å². The first-order valence-corrected chi connectivity index (χ1v) is 8.47. The summed E-state index contributed by atoms with van der Waals surface area (Å²) in [5, 5.41) is 11.5. The number of halogens is 2. The van der Waals surface area contributed by atoms with Crippen molar-refractivity contribution in [1.29, 1.82) is 0 Å². The van der Waals surface area contributed by atoms with Gasteiger partial charge in [0.25, 0.3) is 11.8 Å².